The molecule has 1 aromatic heterocycles. The highest BCUT2D eigenvalue weighted by Crippen LogP contribution is 2.37. The Morgan fingerprint density at radius 2 is 1.88 bits per heavy atom. The van der Waals surface area contributed by atoms with Gasteiger partial charge in [0.05, 0.1) is 5.41 Å². The van der Waals surface area contributed by atoms with Crippen LogP contribution in [0, 0.1) is 0 Å². The van der Waals surface area contributed by atoms with Gasteiger partial charge in [0, 0.05) is 23.6 Å². The molecule has 5 heteroatoms. The van der Waals surface area contributed by atoms with Crippen molar-refractivity contribution in [2.24, 2.45) is 0 Å². The number of carbonyl (C=O) groups excluding carboxylic acids is 1. The van der Waals surface area contributed by atoms with Gasteiger partial charge in [0.2, 0.25) is 0 Å². The third kappa shape index (κ3) is 3.22. The molecule has 2 aromatic carbocycles. The molecule has 4 nitrogen and oxygen atoms in total. The van der Waals surface area contributed by atoms with Gasteiger partial charge in [-0.05, 0) is 42.7 Å². The van der Waals surface area contributed by atoms with Crippen LogP contribution < -0.4 is 0 Å². The van der Waals surface area contributed by atoms with E-state index in [-0.39, 0.29) is 12.6 Å². The van der Waals surface area contributed by atoms with Crippen LogP contribution in [0.1, 0.15) is 24.2 Å². The van der Waals surface area contributed by atoms with Gasteiger partial charge in [-0.2, -0.15) is 0 Å². The molecule has 0 unspecified atom stereocenters. The molecule has 0 spiro atoms. The van der Waals surface area contributed by atoms with Crippen molar-refractivity contribution in [3.63, 3.8) is 0 Å². The van der Waals surface area contributed by atoms with Gasteiger partial charge in [-0.3, -0.25) is 4.79 Å². The Morgan fingerprint density at radius 3 is 2.65 bits per heavy atom. The van der Waals surface area contributed by atoms with E-state index in [9.17, 15) is 4.79 Å². The fraction of sp³-hybridized carbons (Fsp3) is 0.286. The van der Waals surface area contributed by atoms with E-state index in [2.05, 4.69) is 0 Å². The molecule has 0 aliphatic carbocycles. The van der Waals surface area contributed by atoms with E-state index in [4.69, 9.17) is 25.5 Å². The first-order valence-corrected chi connectivity index (χ1v) is 9.04. The number of fused-ring (bicyclic) bond motifs is 1. The van der Waals surface area contributed by atoms with Crippen LogP contribution in [-0.4, -0.2) is 19.2 Å². The molecule has 26 heavy (non-hydrogen) atoms. The minimum Gasteiger partial charge on any atom is -0.457 e. The van der Waals surface area contributed by atoms with Crippen molar-refractivity contribution >= 4 is 28.5 Å². The lowest BCUT2D eigenvalue weighted by Crippen LogP contribution is -2.42. The van der Waals surface area contributed by atoms with Gasteiger partial charge < -0.3 is 13.9 Å². The summed E-state index contributed by atoms with van der Waals surface area (Å²) < 4.78 is 16.9. The van der Waals surface area contributed by atoms with E-state index in [1.807, 2.05) is 48.5 Å². The van der Waals surface area contributed by atoms with Crippen LogP contribution in [0.5, 0.6) is 0 Å². The van der Waals surface area contributed by atoms with Gasteiger partial charge in [0.15, 0.2) is 0 Å². The van der Waals surface area contributed by atoms with E-state index in [0.29, 0.717) is 36.8 Å². The van der Waals surface area contributed by atoms with Crippen molar-refractivity contribution in [2.45, 2.75) is 24.9 Å². The maximum Gasteiger partial charge on any atom is 0.317 e. The molecule has 0 radical (unpaired) electrons. The Labute approximate surface area is 156 Å². The predicted molar refractivity (Wildman–Crippen MR) is 99.2 cm³/mol. The largest absolute Gasteiger partial charge is 0.457 e. The van der Waals surface area contributed by atoms with Crippen LogP contribution in [0.25, 0.3) is 11.0 Å². The molecular formula is C21H19ClO4. The van der Waals surface area contributed by atoms with E-state index in [1.54, 1.807) is 6.07 Å². The van der Waals surface area contributed by atoms with Crippen molar-refractivity contribution in [3.05, 3.63) is 70.9 Å². The SMILES string of the molecule is O=C(OCc1cc2ccccc2o1)C1(c2cccc(Cl)c2)CCOCC1. The smallest absolute Gasteiger partial charge is 0.317 e. The number of hydrogen-bond donors (Lipinski definition) is 0. The van der Waals surface area contributed by atoms with E-state index in [0.717, 1.165) is 16.5 Å². The summed E-state index contributed by atoms with van der Waals surface area (Å²) in [6.45, 7) is 1.15. The summed E-state index contributed by atoms with van der Waals surface area (Å²) in [6, 6.07) is 17.1. The lowest BCUT2D eigenvalue weighted by Gasteiger charge is -2.35. The van der Waals surface area contributed by atoms with Crippen LogP contribution in [0.2, 0.25) is 5.02 Å². The van der Waals surface area contributed by atoms with E-state index in [1.165, 1.54) is 0 Å². The molecule has 1 saturated heterocycles. The fourth-order valence-corrected chi connectivity index (χ4v) is 3.69. The molecule has 0 saturated carbocycles. The molecule has 0 N–H and O–H groups in total. The molecule has 1 fully saturated rings. The Morgan fingerprint density at radius 1 is 1.08 bits per heavy atom. The molecule has 0 bridgehead atoms. The standard InChI is InChI=1S/C21H19ClO4/c22-17-6-3-5-16(13-17)21(8-10-24-11-9-21)20(23)25-14-18-12-15-4-1-2-7-19(15)26-18/h1-7,12-13H,8-11,14H2. The molecule has 0 amide bonds. The Kier molecular flexibility index (Phi) is 4.70. The number of benzene rings is 2. The first-order valence-electron chi connectivity index (χ1n) is 8.66. The van der Waals surface area contributed by atoms with Gasteiger partial charge in [0.25, 0.3) is 0 Å². The van der Waals surface area contributed by atoms with Gasteiger partial charge >= 0.3 is 5.97 Å². The summed E-state index contributed by atoms with van der Waals surface area (Å²) in [5, 5.41) is 1.60. The number of ether oxygens (including phenoxy) is 2. The van der Waals surface area contributed by atoms with Crippen LogP contribution in [0.15, 0.2) is 59.0 Å². The van der Waals surface area contributed by atoms with Crippen LogP contribution in [0.4, 0.5) is 0 Å². The quantitative estimate of drug-likeness (QED) is 0.614. The second kappa shape index (κ2) is 7.14. The second-order valence-corrected chi connectivity index (χ2v) is 6.97. The number of furan rings is 1. The zero-order valence-electron chi connectivity index (χ0n) is 14.2. The van der Waals surface area contributed by atoms with Crippen molar-refractivity contribution < 1.29 is 18.7 Å². The average molecular weight is 371 g/mol. The monoisotopic (exact) mass is 370 g/mol. The third-order valence-electron chi connectivity index (χ3n) is 4.94. The maximum absolute atomic E-state index is 13.1. The van der Waals surface area contributed by atoms with Crippen LogP contribution in [-0.2, 0) is 26.3 Å². The minimum atomic E-state index is -0.727. The molecule has 1 aliphatic rings. The summed E-state index contributed by atoms with van der Waals surface area (Å²) in [6.07, 6.45) is 1.15. The molecule has 134 valence electrons. The highest BCUT2D eigenvalue weighted by Gasteiger charge is 2.43. The summed E-state index contributed by atoms with van der Waals surface area (Å²) in [4.78, 5) is 13.1. The van der Waals surface area contributed by atoms with Crippen LogP contribution >= 0.6 is 11.6 Å². The van der Waals surface area contributed by atoms with Gasteiger partial charge in [-0.1, -0.05) is 41.9 Å². The summed E-state index contributed by atoms with van der Waals surface area (Å²) in [7, 11) is 0. The minimum absolute atomic E-state index is 0.108. The maximum atomic E-state index is 13.1. The van der Waals surface area contributed by atoms with Gasteiger partial charge in [0.1, 0.15) is 18.0 Å². The summed E-state index contributed by atoms with van der Waals surface area (Å²) in [5.74, 6) is 0.372. The third-order valence-corrected chi connectivity index (χ3v) is 5.17. The van der Waals surface area contributed by atoms with Crippen molar-refractivity contribution in [1.29, 1.82) is 0 Å². The highest BCUT2D eigenvalue weighted by molar-refractivity contribution is 6.30. The van der Waals surface area contributed by atoms with E-state index >= 15 is 0 Å². The summed E-state index contributed by atoms with van der Waals surface area (Å²) in [5.41, 5.74) is 0.937. The Hall–Kier alpha value is -2.30. The number of rotatable bonds is 4. The zero-order valence-corrected chi connectivity index (χ0v) is 15.0. The second-order valence-electron chi connectivity index (χ2n) is 6.53. The zero-order chi connectivity index (χ0) is 18.0. The van der Waals surface area contributed by atoms with Crippen molar-refractivity contribution in [3.8, 4) is 0 Å². The number of hydrogen-bond acceptors (Lipinski definition) is 4. The van der Waals surface area contributed by atoms with Crippen LogP contribution in [0.3, 0.4) is 0 Å². The fourth-order valence-electron chi connectivity index (χ4n) is 3.50. The molecule has 3 aromatic rings. The molecule has 4 rings (SSSR count). The number of carbonyl (C=O) groups is 1. The average Bonchev–Trinajstić information content (AvgIpc) is 3.09. The highest BCUT2D eigenvalue weighted by atomic mass is 35.5. The summed E-state index contributed by atoms with van der Waals surface area (Å²) >= 11 is 6.15. The van der Waals surface area contributed by atoms with Gasteiger partial charge in [-0.25, -0.2) is 0 Å². The van der Waals surface area contributed by atoms with E-state index < -0.39 is 5.41 Å². The van der Waals surface area contributed by atoms with Gasteiger partial charge in [-0.15, -0.1) is 0 Å². The first-order chi connectivity index (χ1) is 12.7. The topological polar surface area (TPSA) is 48.7 Å². The number of para-hydroxylation sites is 1. The Bertz CT molecular complexity index is 891. The molecule has 1 aliphatic heterocycles. The molecular weight excluding hydrogens is 352 g/mol. The Balaban J connectivity index is 1.56. The molecule has 0 atom stereocenters. The number of esters is 1. The molecule has 2 heterocycles. The normalized spacial score (nSPS) is 16.5. The van der Waals surface area contributed by atoms with Crippen molar-refractivity contribution in [1.82, 2.24) is 0 Å². The van der Waals surface area contributed by atoms with Crippen molar-refractivity contribution in [2.75, 3.05) is 13.2 Å². The predicted octanol–water partition coefficient (Wildman–Crippen LogP) is 4.88. The first kappa shape index (κ1) is 17.1. The lowest BCUT2D eigenvalue weighted by molar-refractivity contribution is -0.156. The lowest BCUT2D eigenvalue weighted by atomic mass is 9.74. The number of halogens is 1.